The molecule has 2 aliphatic carbocycles. The molecule has 32 heavy (non-hydrogen) atoms. The van der Waals surface area contributed by atoms with Gasteiger partial charge < -0.3 is 0 Å². The molecule has 2 aliphatic rings. The van der Waals surface area contributed by atoms with E-state index in [4.69, 9.17) is 0 Å². The number of nitrogens with zero attached hydrogens (tertiary/aromatic N) is 2. The van der Waals surface area contributed by atoms with Crippen molar-refractivity contribution in [3.63, 3.8) is 0 Å². The number of carbonyl (C=O) groups excluding carboxylic acids is 1. The number of hydrogen-bond acceptors (Lipinski definition) is 3. The molecule has 0 radical (unpaired) electrons. The van der Waals surface area contributed by atoms with Gasteiger partial charge in [0.25, 0.3) is 0 Å². The minimum Gasteiger partial charge on any atom is -0.300 e. The fourth-order valence-electron chi connectivity index (χ4n) is 6.51. The molecular weight excluding hydrogens is 392 g/mol. The second-order valence-electron chi connectivity index (χ2n) is 10.4. The first-order chi connectivity index (χ1) is 15.4. The highest BCUT2D eigenvalue weighted by Crippen LogP contribution is 2.45. The van der Waals surface area contributed by atoms with Gasteiger partial charge in [-0.05, 0) is 65.0 Å². The lowest BCUT2D eigenvalue weighted by Crippen LogP contribution is -2.45. The monoisotopic (exact) mass is 432 g/mol. The van der Waals surface area contributed by atoms with Gasteiger partial charge in [-0.25, -0.2) is 0 Å². The third kappa shape index (κ3) is 3.95. The lowest BCUT2D eigenvalue weighted by molar-refractivity contribution is 0.0897. The Kier molecular flexibility index (Phi) is 6.88. The van der Waals surface area contributed by atoms with Gasteiger partial charge in [0, 0.05) is 22.2 Å². The molecular formula is C29H40N2O. The van der Waals surface area contributed by atoms with Crippen LogP contribution in [-0.4, -0.2) is 43.8 Å². The highest BCUT2D eigenvalue weighted by molar-refractivity contribution is 6.11. The van der Waals surface area contributed by atoms with Gasteiger partial charge in [-0.3, -0.25) is 14.6 Å². The van der Waals surface area contributed by atoms with E-state index in [0.717, 1.165) is 36.8 Å². The van der Waals surface area contributed by atoms with Gasteiger partial charge in [0.2, 0.25) is 0 Å². The summed E-state index contributed by atoms with van der Waals surface area (Å²) in [6.07, 6.45) is 12.0. The fraction of sp³-hybridized carbons (Fsp3) is 0.552. The van der Waals surface area contributed by atoms with Crippen molar-refractivity contribution in [1.29, 1.82) is 0 Å². The van der Waals surface area contributed by atoms with Crippen LogP contribution in [0.1, 0.15) is 91.3 Å². The third-order valence-corrected chi connectivity index (χ3v) is 8.42. The van der Waals surface area contributed by atoms with E-state index in [-0.39, 0.29) is 16.9 Å². The van der Waals surface area contributed by atoms with Crippen LogP contribution < -0.4 is 0 Å². The van der Waals surface area contributed by atoms with Crippen molar-refractivity contribution in [2.75, 3.05) is 28.2 Å². The summed E-state index contributed by atoms with van der Waals surface area (Å²) in [5.41, 5.74) is 4.10. The molecule has 2 aromatic rings. The van der Waals surface area contributed by atoms with Crippen molar-refractivity contribution in [2.45, 2.75) is 75.3 Å². The summed E-state index contributed by atoms with van der Waals surface area (Å²) in [7, 11) is 8.74. The van der Waals surface area contributed by atoms with Gasteiger partial charge in [-0.2, -0.15) is 0 Å². The Morgan fingerprint density at radius 3 is 1.28 bits per heavy atom. The Morgan fingerprint density at radius 1 is 0.594 bits per heavy atom. The fourth-order valence-corrected chi connectivity index (χ4v) is 6.51. The summed E-state index contributed by atoms with van der Waals surface area (Å²) < 4.78 is 0. The molecule has 2 aromatic carbocycles. The number of rotatable bonds is 6. The Morgan fingerprint density at radius 2 is 0.938 bits per heavy atom. The molecule has 3 nitrogen and oxygen atoms in total. The molecule has 3 heteroatoms. The quantitative estimate of drug-likeness (QED) is 0.496. The molecule has 0 saturated heterocycles. The van der Waals surface area contributed by atoms with Crippen LogP contribution >= 0.6 is 0 Å². The molecule has 2 saturated carbocycles. The molecule has 0 spiro atoms. The SMILES string of the molecule is CN(C)C1(c2ccccc2C(=O)c2ccccc2C2(N(C)C)CCCCC2)CCCCC1. The zero-order chi connectivity index (χ0) is 22.8. The van der Waals surface area contributed by atoms with Gasteiger partial charge >= 0.3 is 0 Å². The normalized spacial score (nSPS) is 20.4. The van der Waals surface area contributed by atoms with Crippen LogP contribution in [0.15, 0.2) is 48.5 Å². The maximum absolute atomic E-state index is 14.3. The Labute approximate surface area is 194 Å². The molecule has 172 valence electrons. The second-order valence-corrected chi connectivity index (χ2v) is 10.4. The number of ketones is 1. The van der Waals surface area contributed by atoms with E-state index in [1.807, 2.05) is 12.1 Å². The van der Waals surface area contributed by atoms with E-state index in [2.05, 4.69) is 74.4 Å². The Balaban J connectivity index is 1.83. The summed E-state index contributed by atoms with van der Waals surface area (Å²) in [4.78, 5) is 19.0. The Hall–Kier alpha value is -1.97. The maximum atomic E-state index is 14.3. The average Bonchev–Trinajstić information content (AvgIpc) is 2.84. The van der Waals surface area contributed by atoms with Crippen molar-refractivity contribution in [3.8, 4) is 0 Å². The third-order valence-electron chi connectivity index (χ3n) is 8.42. The molecule has 0 amide bonds. The highest BCUT2D eigenvalue weighted by Gasteiger charge is 2.41. The predicted molar refractivity (Wildman–Crippen MR) is 133 cm³/mol. The topological polar surface area (TPSA) is 23.6 Å². The van der Waals surface area contributed by atoms with Crippen LogP contribution in [0.4, 0.5) is 0 Å². The van der Waals surface area contributed by atoms with Gasteiger partial charge in [-0.15, -0.1) is 0 Å². The molecule has 0 atom stereocenters. The standard InChI is InChI=1S/C29H40N2O/c1-30(2)28(19-11-5-12-20-28)25-17-9-7-15-23(25)27(32)24-16-8-10-18-26(24)29(31(3)4)21-13-6-14-22-29/h7-10,15-18H,5-6,11-14,19-22H2,1-4H3. The summed E-state index contributed by atoms with van der Waals surface area (Å²) >= 11 is 0. The number of benzene rings is 2. The minimum atomic E-state index is -0.0521. The van der Waals surface area contributed by atoms with Crippen molar-refractivity contribution in [2.24, 2.45) is 0 Å². The van der Waals surface area contributed by atoms with E-state index < -0.39 is 0 Å². The first-order valence-electron chi connectivity index (χ1n) is 12.5. The minimum absolute atomic E-state index is 0.0521. The van der Waals surface area contributed by atoms with Crippen LogP contribution in [0.2, 0.25) is 0 Å². The molecule has 2 fully saturated rings. The van der Waals surface area contributed by atoms with Crippen molar-refractivity contribution < 1.29 is 4.79 Å². The summed E-state index contributed by atoms with van der Waals surface area (Å²) in [5.74, 6) is 0.190. The van der Waals surface area contributed by atoms with Gasteiger partial charge in [0.1, 0.15) is 0 Å². The number of hydrogen-bond donors (Lipinski definition) is 0. The average molecular weight is 433 g/mol. The van der Waals surface area contributed by atoms with E-state index in [1.165, 1.54) is 49.7 Å². The first-order valence-corrected chi connectivity index (χ1v) is 12.5. The van der Waals surface area contributed by atoms with Crippen molar-refractivity contribution in [1.82, 2.24) is 9.80 Å². The summed E-state index contributed by atoms with van der Waals surface area (Å²) in [5, 5.41) is 0. The summed E-state index contributed by atoms with van der Waals surface area (Å²) in [6.45, 7) is 0. The molecule has 0 aliphatic heterocycles. The van der Waals surface area contributed by atoms with E-state index in [1.54, 1.807) is 0 Å². The van der Waals surface area contributed by atoms with E-state index in [0.29, 0.717) is 0 Å². The van der Waals surface area contributed by atoms with Crippen LogP contribution in [-0.2, 0) is 11.1 Å². The maximum Gasteiger partial charge on any atom is 0.193 e. The van der Waals surface area contributed by atoms with Crippen molar-refractivity contribution in [3.05, 3.63) is 70.8 Å². The molecule has 0 aromatic heterocycles. The van der Waals surface area contributed by atoms with Gasteiger partial charge in [0.15, 0.2) is 5.78 Å². The highest BCUT2D eigenvalue weighted by atomic mass is 16.1. The van der Waals surface area contributed by atoms with E-state index in [9.17, 15) is 4.79 Å². The second kappa shape index (κ2) is 9.49. The lowest BCUT2D eigenvalue weighted by atomic mass is 9.71. The van der Waals surface area contributed by atoms with Crippen LogP contribution in [0.3, 0.4) is 0 Å². The summed E-state index contributed by atoms with van der Waals surface area (Å²) in [6, 6.07) is 16.9. The molecule has 0 heterocycles. The van der Waals surface area contributed by atoms with Gasteiger partial charge in [-0.1, -0.05) is 87.1 Å². The predicted octanol–water partition coefficient (Wildman–Crippen LogP) is 6.36. The lowest BCUT2D eigenvalue weighted by Gasteiger charge is -2.45. The molecule has 4 rings (SSSR count). The zero-order valence-corrected chi connectivity index (χ0v) is 20.5. The van der Waals surface area contributed by atoms with Gasteiger partial charge in [0.05, 0.1) is 0 Å². The van der Waals surface area contributed by atoms with Crippen LogP contribution in [0.5, 0.6) is 0 Å². The Bertz CT molecular complexity index is 858. The molecule has 0 N–H and O–H groups in total. The van der Waals surface area contributed by atoms with Crippen LogP contribution in [0.25, 0.3) is 0 Å². The van der Waals surface area contributed by atoms with E-state index >= 15 is 0 Å². The number of carbonyl (C=O) groups is 1. The largest absolute Gasteiger partial charge is 0.300 e. The zero-order valence-electron chi connectivity index (χ0n) is 20.5. The van der Waals surface area contributed by atoms with Crippen molar-refractivity contribution >= 4 is 5.78 Å². The first kappa shape index (κ1) is 23.2. The molecule has 0 bridgehead atoms. The van der Waals surface area contributed by atoms with Crippen LogP contribution in [0, 0.1) is 0 Å². The smallest absolute Gasteiger partial charge is 0.193 e. The molecule has 0 unspecified atom stereocenters.